The number of amides is 1. The molecular weight excluding hydrogens is 382 g/mol. The van der Waals surface area contributed by atoms with Gasteiger partial charge in [-0.2, -0.15) is 13.2 Å². The van der Waals surface area contributed by atoms with Gasteiger partial charge in [0.1, 0.15) is 11.6 Å². The predicted molar refractivity (Wildman–Crippen MR) is 92.0 cm³/mol. The number of nitrogens with one attached hydrogen (secondary N) is 2. The summed E-state index contributed by atoms with van der Waals surface area (Å²) in [5.41, 5.74) is -2.91. The van der Waals surface area contributed by atoms with Crippen molar-refractivity contribution in [3.63, 3.8) is 0 Å². The molecule has 2 N–H and O–H groups in total. The van der Waals surface area contributed by atoms with Gasteiger partial charge in [0.05, 0.1) is 7.11 Å². The lowest BCUT2D eigenvalue weighted by Crippen LogP contribution is -2.69. The summed E-state index contributed by atoms with van der Waals surface area (Å²) in [5.74, 6) is -4.03. The van der Waals surface area contributed by atoms with Gasteiger partial charge in [-0.1, -0.05) is 0 Å². The second kappa shape index (κ2) is 7.83. The van der Waals surface area contributed by atoms with Crippen LogP contribution in [0.1, 0.15) is 21.6 Å². The van der Waals surface area contributed by atoms with Crippen LogP contribution in [0.3, 0.4) is 0 Å². The number of halogens is 4. The number of aromatic nitrogens is 1. The molecule has 10 heteroatoms. The van der Waals surface area contributed by atoms with Gasteiger partial charge in [0.15, 0.2) is 0 Å². The van der Waals surface area contributed by atoms with Gasteiger partial charge < -0.3 is 15.4 Å². The summed E-state index contributed by atoms with van der Waals surface area (Å²) in [7, 11) is 0.753. The quantitative estimate of drug-likeness (QED) is 0.459. The Balaban J connectivity index is 2.52. The predicted octanol–water partition coefficient (Wildman–Crippen LogP) is 3.11. The molecule has 0 bridgehead atoms. The minimum atomic E-state index is -5.30. The summed E-state index contributed by atoms with van der Waals surface area (Å²) >= 11 is 0. The Morgan fingerprint density at radius 3 is 2.18 bits per heavy atom. The molecule has 1 atom stereocenters. The van der Waals surface area contributed by atoms with Crippen LogP contribution < -0.4 is 10.6 Å². The van der Waals surface area contributed by atoms with Gasteiger partial charge in [-0.3, -0.25) is 4.79 Å². The minimum absolute atomic E-state index is 0.283. The number of methoxy groups -OCH3 is 1. The first kappa shape index (κ1) is 21.1. The zero-order chi connectivity index (χ0) is 21.1. The second-order valence-corrected chi connectivity index (χ2v) is 6.00. The smallest absolute Gasteiger partial charge is 0.441 e. The fraction of sp³-hybridized carbons (Fsp3) is 0.278. The average Bonchev–Trinajstić information content (AvgIpc) is 2.59. The lowest BCUT2D eigenvalue weighted by atomic mass is 10.1. The van der Waals surface area contributed by atoms with Crippen LogP contribution in [0.4, 0.5) is 23.4 Å². The third kappa shape index (κ3) is 4.38. The summed E-state index contributed by atoms with van der Waals surface area (Å²) in [4.78, 5) is 28.5. The number of hydrogen-bond donors (Lipinski definition) is 2. The van der Waals surface area contributed by atoms with E-state index in [0.29, 0.717) is 11.3 Å². The molecule has 0 unspecified atom stereocenters. The number of ether oxygens (including phenoxy) is 1. The molecule has 0 aliphatic heterocycles. The zero-order valence-corrected chi connectivity index (χ0v) is 15.1. The summed E-state index contributed by atoms with van der Waals surface area (Å²) < 4.78 is 59.2. The Morgan fingerprint density at radius 1 is 1.07 bits per heavy atom. The van der Waals surface area contributed by atoms with Crippen LogP contribution in [0.25, 0.3) is 0 Å². The molecule has 0 spiro atoms. The second-order valence-electron chi connectivity index (χ2n) is 6.00. The maximum Gasteiger partial charge on any atom is 0.441 e. The number of benzene rings is 1. The number of hydrogen-bond acceptors (Lipinski definition) is 5. The van der Waals surface area contributed by atoms with Crippen molar-refractivity contribution in [3.05, 3.63) is 59.0 Å². The van der Waals surface area contributed by atoms with E-state index in [-0.39, 0.29) is 11.4 Å². The average molecular weight is 399 g/mol. The number of nitrogens with zero attached hydrogens (tertiary/aromatic N) is 1. The van der Waals surface area contributed by atoms with E-state index in [1.54, 1.807) is 25.2 Å². The highest BCUT2D eigenvalue weighted by Crippen LogP contribution is 2.33. The largest absolute Gasteiger partial charge is 0.466 e. The van der Waals surface area contributed by atoms with Crippen molar-refractivity contribution in [2.75, 3.05) is 12.4 Å². The number of anilines is 1. The van der Waals surface area contributed by atoms with Crippen molar-refractivity contribution >= 4 is 17.7 Å². The Kier molecular flexibility index (Phi) is 5.91. The van der Waals surface area contributed by atoms with Crippen LogP contribution in [0.2, 0.25) is 0 Å². The summed E-state index contributed by atoms with van der Waals surface area (Å²) in [6.45, 7) is 3.19. The van der Waals surface area contributed by atoms with Crippen molar-refractivity contribution in [1.29, 1.82) is 0 Å². The Bertz CT molecular complexity index is 864. The third-order valence-electron chi connectivity index (χ3n) is 3.74. The number of esters is 1. The maximum absolute atomic E-state index is 14.0. The molecule has 1 amide bonds. The molecule has 150 valence electrons. The molecule has 0 saturated heterocycles. The van der Waals surface area contributed by atoms with Crippen LogP contribution in [-0.4, -0.2) is 35.8 Å². The number of aryl methyl sites for hydroxylation is 2. The van der Waals surface area contributed by atoms with E-state index in [9.17, 15) is 27.2 Å². The van der Waals surface area contributed by atoms with E-state index < -0.39 is 29.5 Å². The molecule has 0 radical (unpaired) electrons. The van der Waals surface area contributed by atoms with Gasteiger partial charge in [-0.05, 0) is 55.8 Å². The molecule has 0 saturated carbocycles. The number of carbonyl (C=O) groups excluding carboxylic acids is 2. The van der Waals surface area contributed by atoms with E-state index in [1.165, 1.54) is 6.07 Å². The normalized spacial score (nSPS) is 13.4. The minimum Gasteiger partial charge on any atom is -0.466 e. The van der Waals surface area contributed by atoms with Gasteiger partial charge >= 0.3 is 17.8 Å². The Hall–Kier alpha value is -3.17. The van der Waals surface area contributed by atoms with E-state index >= 15 is 0 Å². The van der Waals surface area contributed by atoms with Crippen molar-refractivity contribution in [2.45, 2.75) is 25.7 Å². The standard InChI is InChI=1S/C18H17F4N3O3/c1-10-8-11(2)23-14(9-10)24-17(16(27)28-3,18(20,21)22)25-15(26)12-4-6-13(19)7-5-12/h4-9H,1-3H3,(H,23,24)(H,25,26)/t17-/m0/s1. The van der Waals surface area contributed by atoms with Crippen molar-refractivity contribution in [3.8, 4) is 0 Å². The molecule has 0 aliphatic carbocycles. The molecule has 28 heavy (non-hydrogen) atoms. The highest BCUT2D eigenvalue weighted by Gasteiger charge is 2.63. The van der Waals surface area contributed by atoms with Gasteiger partial charge in [0.25, 0.3) is 5.91 Å². The van der Waals surface area contributed by atoms with Crippen molar-refractivity contribution in [1.82, 2.24) is 10.3 Å². The van der Waals surface area contributed by atoms with E-state index in [1.807, 2.05) is 5.32 Å². The van der Waals surface area contributed by atoms with E-state index in [4.69, 9.17) is 0 Å². The zero-order valence-electron chi connectivity index (χ0n) is 15.1. The highest BCUT2D eigenvalue weighted by atomic mass is 19.4. The van der Waals surface area contributed by atoms with Gasteiger partial charge in [-0.25, -0.2) is 14.2 Å². The van der Waals surface area contributed by atoms with Crippen LogP contribution in [-0.2, 0) is 9.53 Å². The molecule has 0 fully saturated rings. The lowest BCUT2D eigenvalue weighted by molar-refractivity contribution is -0.203. The molecule has 6 nitrogen and oxygen atoms in total. The van der Waals surface area contributed by atoms with Crippen LogP contribution in [0.5, 0.6) is 0 Å². The van der Waals surface area contributed by atoms with Crippen molar-refractivity contribution < 1.29 is 31.9 Å². The van der Waals surface area contributed by atoms with Crippen LogP contribution in [0, 0.1) is 19.7 Å². The molecule has 1 aromatic heterocycles. The first-order valence-corrected chi connectivity index (χ1v) is 7.95. The number of alkyl halides is 3. The highest BCUT2D eigenvalue weighted by molar-refractivity contribution is 5.99. The molecular formula is C18H17F4N3O3. The fourth-order valence-corrected chi connectivity index (χ4v) is 2.49. The third-order valence-corrected chi connectivity index (χ3v) is 3.74. The fourth-order valence-electron chi connectivity index (χ4n) is 2.49. The topological polar surface area (TPSA) is 80.3 Å². The first-order chi connectivity index (χ1) is 13.0. The first-order valence-electron chi connectivity index (χ1n) is 7.95. The summed E-state index contributed by atoms with van der Waals surface area (Å²) in [6.07, 6.45) is -5.30. The van der Waals surface area contributed by atoms with Crippen molar-refractivity contribution in [2.24, 2.45) is 0 Å². The summed E-state index contributed by atoms with van der Waals surface area (Å²) in [5, 5.41) is 3.59. The SMILES string of the molecule is COC(=O)[C@@](NC(=O)c1ccc(F)cc1)(Nc1cc(C)cc(C)n1)C(F)(F)F. The van der Waals surface area contributed by atoms with Crippen LogP contribution in [0.15, 0.2) is 36.4 Å². The van der Waals surface area contributed by atoms with Gasteiger partial charge in [-0.15, -0.1) is 0 Å². The maximum atomic E-state index is 14.0. The molecule has 2 aromatic rings. The van der Waals surface area contributed by atoms with Crippen LogP contribution >= 0.6 is 0 Å². The molecule has 0 aliphatic rings. The number of rotatable bonds is 5. The Labute approximate surface area is 157 Å². The number of pyridine rings is 1. The van der Waals surface area contributed by atoms with E-state index in [2.05, 4.69) is 9.72 Å². The Morgan fingerprint density at radius 2 is 1.68 bits per heavy atom. The summed E-state index contributed by atoms with van der Waals surface area (Å²) in [6, 6.07) is 6.68. The molecule has 2 rings (SSSR count). The van der Waals surface area contributed by atoms with Gasteiger partial charge in [0, 0.05) is 11.3 Å². The molecule has 1 aromatic carbocycles. The molecule has 1 heterocycles. The monoisotopic (exact) mass is 399 g/mol. The van der Waals surface area contributed by atoms with E-state index in [0.717, 1.165) is 31.4 Å². The number of carbonyl (C=O) groups is 2. The van der Waals surface area contributed by atoms with Gasteiger partial charge in [0.2, 0.25) is 0 Å². The lowest BCUT2D eigenvalue weighted by Gasteiger charge is -2.34.